The number of carboxylic acid groups (broad SMARTS) is 2. The molecule has 0 aromatic heterocycles. The fourth-order valence-corrected chi connectivity index (χ4v) is 6.50. The number of ether oxygens (including phenoxy) is 2. The van der Waals surface area contributed by atoms with Crippen molar-refractivity contribution in [1.29, 1.82) is 0 Å². The fourth-order valence-electron chi connectivity index (χ4n) is 6.50. The first-order valence-electron chi connectivity index (χ1n) is 19.7. The maximum absolute atomic E-state index is 12.8. The van der Waals surface area contributed by atoms with Gasteiger partial charge in [-0.1, -0.05) is 96.8 Å². The van der Waals surface area contributed by atoms with Crippen molar-refractivity contribution in [3.63, 3.8) is 0 Å². The van der Waals surface area contributed by atoms with Crippen molar-refractivity contribution >= 4 is 49.7 Å². The second-order valence-corrected chi connectivity index (χ2v) is 14.3. The third-order valence-electron chi connectivity index (χ3n) is 9.70. The topological polar surface area (TPSA) is 98.7 Å². The molecule has 0 saturated carbocycles. The average molecular weight is 915 g/mol. The molecule has 0 radical (unpaired) electrons. The number of benzene rings is 6. The van der Waals surface area contributed by atoms with Gasteiger partial charge in [-0.15, -0.1) is 11.8 Å². The van der Waals surface area contributed by atoms with Crippen LogP contribution < -0.4 is 19.7 Å². The Morgan fingerprint density at radius 2 is 0.846 bits per heavy atom. The molecular formula is C52H40CaF6O6. The summed E-state index contributed by atoms with van der Waals surface area (Å²) in [5, 5.41) is 21.8. The minimum atomic E-state index is -4.36. The molecule has 13 heteroatoms. The normalized spacial score (nSPS) is 11.7. The van der Waals surface area contributed by atoms with Gasteiger partial charge in [-0.2, -0.15) is 26.3 Å². The average Bonchev–Trinajstić information content (AvgIpc) is 3.27. The standard InChI is InChI=1S/2C26H21F3O3.Ca/c2*1-2-4-21(16-25(30)31)20-9-13-24(14-10-20)32-17-18-5-3-6-22(15-18)19-7-11-23(12-8-19)26(27,28)29;/h2*3,5-15,21H,16-17H2,1H3,(H,30,31);/q;;+2/p-2/t2*21-;/m00./s1. The van der Waals surface area contributed by atoms with Crippen molar-refractivity contribution in [1.82, 2.24) is 0 Å². The summed E-state index contributed by atoms with van der Waals surface area (Å²) in [6.45, 7) is 3.84. The van der Waals surface area contributed by atoms with E-state index in [1.165, 1.54) is 24.3 Å². The summed E-state index contributed by atoms with van der Waals surface area (Å²) in [5.74, 6) is 9.19. The van der Waals surface area contributed by atoms with Crippen molar-refractivity contribution in [3.8, 4) is 57.4 Å². The van der Waals surface area contributed by atoms with E-state index in [0.29, 0.717) is 22.6 Å². The first-order chi connectivity index (χ1) is 30.5. The van der Waals surface area contributed by atoms with Crippen molar-refractivity contribution in [2.75, 3.05) is 0 Å². The van der Waals surface area contributed by atoms with Gasteiger partial charge in [0.2, 0.25) is 0 Å². The number of hydrogen-bond donors (Lipinski definition) is 0. The van der Waals surface area contributed by atoms with Crippen LogP contribution in [0.1, 0.15) is 71.9 Å². The van der Waals surface area contributed by atoms with Gasteiger partial charge in [0.25, 0.3) is 0 Å². The summed E-state index contributed by atoms with van der Waals surface area (Å²) >= 11 is 0. The Balaban J connectivity index is 0.000000280. The molecule has 0 aliphatic carbocycles. The quantitative estimate of drug-likeness (QED) is 0.0613. The molecule has 0 bridgehead atoms. The van der Waals surface area contributed by atoms with Gasteiger partial charge >= 0.3 is 50.1 Å². The van der Waals surface area contributed by atoms with E-state index < -0.39 is 47.3 Å². The summed E-state index contributed by atoms with van der Waals surface area (Å²) in [6, 6.07) is 38.9. The number of rotatable bonds is 14. The van der Waals surface area contributed by atoms with Gasteiger partial charge in [-0.3, -0.25) is 0 Å². The van der Waals surface area contributed by atoms with Crippen LogP contribution in [0.5, 0.6) is 11.5 Å². The van der Waals surface area contributed by atoms with E-state index in [0.717, 1.165) is 57.6 Å². The predicted molar refractivity (Wildman–Crippen MR) is 233 cm³/mol. The van der Waals surface area contributed by atoms with Crippen molar-refractivity contribution in [2.45, 2.75) is 64.1 Å². The zero-order chi connectivity index (χ0) is 46.3. The second kappa shape index (κ2) is 24.2. The van der Waals surface area contributed by atoms with Crippen LogP contribution in [0.25, 0.3) is 22.3 Å². The van der Waals surface area contributed by atoms with E-state index in [-0.39, 0.29) is 63.8 Å². The van der Waals surface area contributed by atoms with E-state index in [2.05, 4.69) is 23.7 Å². The van der Waals surface area contributed by atoms with Gasteiger partial charge in [0.05, 0.1) is 23.0 Å². The smallest absolute Gasteiger partial charge is 0.550 e. The molecule has 0 amide bonds. The molecule has 0 saturated heterocycles. The molecule has 328 valence electrons. The fraction of sp³-hybridized carbons (Fsp3) is 0.192. The SMILES string of the molecule is CC#C[C@@H](CC(=O)[O-])c1ccc(OCc2cccc(-c3ccc(C(F)(F)F)cc3)c2)cc1.CC#C[C@@H](CC(=O)[O-])c1ccc(OCc2cccc(-c3ccc(C(F)(F)F)cc3)c2)cc1.[Ca+2]. The molecule has 6 nitrogen and oxygen atoms in total. The number of carbonyl (C=O) groups excluding carboxylic acids is 2. The molecule has 65 heavy (non-hydrogen) atoms. The van der Waals surface area contributed by atoms with Crippen molar-refractivity contribution in [3.05, 3.63) is 179 Å². The van der Waals surface area contributed by atoms with Crippen LogP contribution in [0, 0.1) is 23.7 Å². The number of carbonyl (C=O) groups is 2. The summed E-state index contributed by atoms with van der Waals surface area (Å²) in [5.41, 5.74) is 4.82. The monoisotopic (exact) mass is 914 g/mol. The number of hydrogen-bond acceptors (Lipinski definition) is 6. The van der Waals surface area contributed by atoms with Crippen molar-refractivity contribution in [2.24, 2.45) is 0 Å². The number of alkyl halides is 6. The van der Waals surface area contributed by atoms with Gasteiger partial charge in [0.15, 0.2) is 0 Å². The molecular weight excluding hydrogens is 875 g/mol. The molecule has 0 aliphatic rings. The van der Waals surface area contributed by atoms with Crippen LogP contribution in [0.3, 0.4) is 0 Å². The minimum absolute atomic E-state index is 0. The maximum atomic E-state index is 12.8. The Morgan fingerprint density at radius 3 is 1.14 bits per heavy atom. The van der Waals surface area contributed by atoms with Crippen LogP contribution in [0.15, 0.2) is 146 Å². The van der Waals surface area contributed by atoms with Crippen LogP contribution in [0.4, 0.5) is 26.3 Å². The summed E-state index contributed by atoms with van der Waals surface area (Å²) in [6.07, 6.45) is -9.09. The second-order valence-electron chi connectivity index (χ2n) is 14.3. The first kappa shape index (κ1) is 51.5. The van der Waals surface area contributed by atoms with Crippen LogP contribution in [0.2, 0.25) is 0 Å². The Kier molecular flexibility index (Phi) is 19.2. The molecule has 0 unspecified atom stereocenters. The van der Waals surface area contributed by atoms with Gasteiger partial charge in [-0.05, 0) is 119 Å². The summed E-state index contributed by atoms with van der Waals surface area (Å²) in [4.78, 5) is 21.8. The first-order valence-corrected chi connectivity index (χ1v) is 19.7. The molecule has 0 fully saturated rings. The Morgan fingerprint density at radius 1 is 0.508 bits per heavy atom. The van der Waals surface area contributed by atoms with Gasteiger partial charge in [0.1, 0.15) is 24.7 Å². The third-order valence-corrected chi connectivity index (χ3v) is 9.70. The molecule has 0 aliphatic heterocycles. The molecule has 6 aromatic carbocycles. The number of aliphatic carboxylic acids is 2. The molecule has 0 spiro atoms. The molecule has 0 N–H and O–H groups in total. The molecule has 6 rings (SSSR count). The zero-order valence-electron chi connectivity index (χ0n) is 35.3. The Bertz CT molecular complexity index is 2440. The zero-order valence-corrected chi connectivity index (χ0v) is 37.5. The molecule has 0 heterocycles. The van der Waals surface area contributed by atoms with Gasteiger partial charge < -0.3 is 29.3 Å². The van der Waals surface area contributed by atoms with Crippen LogP contribution in [-0.4, -0.2) is 49.7 Å². The summed E-state index contributed by atoms with van der Waals surface area (Å²) < 4.78 is 88.2. The van der Waals surface area contributed by atoms with E-state index in [4.69, 9.17) is 9.47 Å². The largest absolute Gasteiger partial charge is 2.00 e. The Labute approximate surface area is 403 Å². The number of halogens is 6. The number of carboxylic acids is 2. The summed E-state index contributed by atoms with van der Waals surface area (Å²) in [7, 11) is 0. The Hall–Kier alpha value is -6.18. The van der Waals surface area contributed by atoms with E-state index in [1.54, 1.807) is 62.4 Å². The van der Waals surface area contributed by atoms with Crippen molar-refractivity contribution < 1.29 is 55.6 Å². The maximum Gasteiger partial charge on any atom is 2.00 e. The van der Waals surface area contributed by atoms with Gasteiger partial charge in [0, 0.05) is 24.8 Å². The van der Waals surface area contributed by atoms with E-state index in [9.17, 15) is 46.1 Å². The molecule has 6 aromatic rings. The third kappa shape index (κ3) is 16.1. The van der Waals surface area contributed by atoms with Gasteiger partial charge in [-0.25, -0.2) is 0 Å². The van der Waals surface area contributed by atoms with E-state index in [1.807, 2.05) is 48.5 Å². The predicted octanol–water partition coefficient (Wildman–Crippen LogP) is 10.0. The molecule has 2 atom stereocenters. The van der Waals surface area contributed by atoms with Crippen LogP contribution in [-0.2, 0) is 35.2 Å². The van der Waals surface area contributed by atoms with E-state index >= 15 is 0 Å². The minimum Gasteiger partial charge on any atom is -0.550 e. The van der Waals surface area contributed by atoms with Crippen LogP contribution >= 0.6 is 0 Å².